The number of carboxylic acids is 1. The molecule has 27 heavy (non-hydrogen) atoms. The van der Waals surface area contributed by atoms with E-state index < -0.39 is 11.6 Å². The lowest BCUT2D eigenvalue weighted by Crippen LogP contribution is -2.24. The van der Waals surface area contributed by atoms with Crippen LogP contribution in [0.4, 0.5) is 0 Å². The molecule has 0 unspecified atom stereocenters. The number of hydrogen-bond acceptors (Lipinski definition) is 3. The summed E-state index contributed by atoms with van der Waals surface area (Å²) in [5.41, 5.74) is 0.557. The van der Waals surface area contributed by atoms with Gasteiger partial charge in [0.2, 0.25) is 0 Å². The van der Waals surface area contributed by atoms with Crippen molar-refractivity contribution in [3.8, 4) is 0 Å². The summed E-state index contributed by atoms with van der Waals surface area (Å²) >= 11 is 13.6. The lowest BCUT2D eigenvalue weighted by molar-refractivity contribution is 0.00681. The molecule has 0 saturated carbocycles. The van der Waals surface area contributed by atoms with Crippen molar-refractivity contribution in [2.24, 2.45) is 0 Å². The molecule has 0 aliphatic rings. The second-order valence-electron chi connectivity index (χ2n) is 5.87. The molecular formula is C19H20Cl2I2O4. The molecule has 4 nitrogen and oxygen atoms in total. The molecule has 148 valence electrons. The van der Waals surface area contributed by atoms with Crippen molar-refractivity contribution in [3.63, 3.8) is 0 Å². The first-order valence-electron chi connectivity index (χ1n) is 7.61. The highest BCUT2D eigenvalue weighted by atomic mass is 127. The monoisotopic (exact) mass is 636 g/mol. The molecule has 0 spiro atoms. The summed E-state index contributed by atoms with van der Waals surface area (Å²) < 4.78 is 6.95. The molecule has 2 rings (SSSR count). The molecule has 1 N–H and O–H groups in total. The third-order valence-corrected chi connectivity index (χ3v) is 4.48. The molecular weight excluding hydrogens is 617 g/mol. The smallest absolute Gasteiger partial charge is 0.339 e. The Labute approximate surface area is 196 Å². The number of carboxylic acid groups (broad SMARTS) is 1. The van der Waals surface area contributed by atoms with Crippen LogP contribution in [0.5, 0.6) is 0 Å². The van der Waals surface area contributed by atoms with E-state index in [0.717, 1.165) is 7.14 Å². The normalized spacial score (nSPS) is 9.89. The average molecular weight is 637 g/mol. The SMILES string of the molecule is CC(C)(C)OC(=O)c1ccccc1I.ClCCl.O=C(O)c1ccccc1I. The Kier molecular flexibility index (Phi) is 13.3. The number of hydrogen-bond donors (Lipinski definition) is 1. The number of benzene rings is 2. The fourth-order valence-electron chi connectivity index (χ4n) is 1.59. The molecule has 0 atom stereocenters. The van der Waals surface area contributed by atoms with E-state index in [1.807, 2.05) is 67.6 Å². The summed E-state index contributed by atoms with van der Waals surface area (Å²) in [5, 5.41) is 8.76. The van der Waals surface area contributed by atoms with E-state index in [1.165, 1.54) is 0 Å². The van der Waals surface area contributed by atoms with Crippen LogP contribution in [0.25, 0.3) is 0 Å². The van der Waals surface area contributed by atoms with Crippen LogP contribution in [0.3, 0.4) is 0 Å². The van der Waals surface area contributed by atoms with Gasteiger partial charge < -0.3 is 9.84 Å². The zero-order valence-electron chi connectivity index (χ0n) is 15.0. The summed E-state index contributed by atoms with van der Waals surface area (Å²) in [4.78, 5) is 22.1. The average Bonchev–Trinajstić information content (AvgIpc) is 2.55. The fourth-order valence-corrected chi connectivity index (χ4v) is 2.82. The van der Waals surface area contributed by atoms with Crippen LogP contribution in [0, 0.1) is 7.14 Å². The molecule has 0 aromatic heterocycles. The highest BCUT2D eigenvalue weighted by Gasteiger charge is 2.19. The molecule has 0 amide bonds. The number of aromatic carboxylic acids is 1. The Hall–Kier alpha value is -0.580. The molecule has 8 heteroatoms. The van der Waals surface area contributed by atoms with Crippen molar-refractivity contribution in [3.05, 3.63) is 66.8 Å². The van der Waals surface area contributed by atoms with Crippen molar-refractivity contribution in [1.82, 2.24) is 0 Å². The van der Waals surface area contributed by atoms with Crippen molar-refractivity contribution in [2.45, 2.75) is 26.4 Å². The largest absolute Gasteiger partial charge is 0.478 e. The van der Waals surface area contributed by atoms with E-state index >= 15 is 0 Å². The molecule has 0 fully saturated rings. The molecule has 2 aromatic rings. The van der Waals surface area contributed by atoms with Gasteiger partial charge in [0.25, 0.3) is 0 Å². The summed E-state index contributed by atoms with van der Waals surface area (Å²) in [6, 6.07) is 14.3. The van der Waals surface area contributed by atoms with Crippen LogP contribution in [0.15, 0.2) is 48.5 Å². The van der Waals surface area contributed by atoms with E-state index in [2.05, 4.69) is 22.6 Å². The third kappa shape index (κ3) is 11.8. The number of alkyl halides is 2. The van der Waals surface area contributed by atoms with Gasteiger partial charge in [-0.05, 0) is 90.2 Å². The van der Waals surface area contributed by atoms with Gasteiger partial charge in [0, 0.05) is 7.14 Å². The fraction of sp³-hybridized carbons (Fsp3) is 0.263. The topological polar surface area (TPSA) is 63.6 Å². The maximum absolute atomic E-state index is 11.7. The zero-order chi connectivity index (χ0) is 21.0. The van der Waals surface area contributed by atoms with Gasteiger partial charge in [0.15, 0.2) is 0 Å². The Balaban J connectivity index is 0.000000455. The van der Waals surface area contributed by atoms with Gasteiger partial charge in [-0.25, -0.2) is 9.59 Å². The van der Waals surface area contributed by atoms with Crippen LogP contribution in [-0.4, -0.2) is 28.0 Å². The van der Waals surface area contributed by atoms with Gasteiger partial charge in [-0.15, -0.1) is 23.2 Å². The van der Waals surface area contributed by atoms with Crippen molar-refractivity contribution < 1.29 is 19.4 Å². The van der Waals surface area contributed by atoms with Gasteiger partial charge in [-0.3, -0.25) is 0 Å². The Morgan fingerprint density at radius 2 is 1.30 bits per heavy atom. The van der Waals surface area contributed by atoms with Crippen molar-refractivity contribution in [1.29, 1.82) is 0 Å². The standard InChI is InChI=1S/C11H13IO2.C7H5IO2.CH2Cl2/c1-11(2,3)14-10(13)8-6-4-5-7-9(8)12;8-6-4-2-1-3-5(6)7(9)10;2-1-3/h4-7H,1-3H3;1-4H,(H,9,10);1H2. The first-order chi connectivity index (χ1) is 12.5. The quantitative estimate of drug-likeness (QED) is 0.228. The summed E-state index contributed by atoms with van der Waals surface area (Å²) in [5.74, 6) is -1.13. The molecule has 0 heterocycles. The minimum atomic E-state index is -0.870. The highest BCUT2D eigenvalue weighted by Crippen LogP contribution is 2.16. The molecule has 0 saturated heterocycles. The Bertz CT molecular complexity index is 746. The minimum absolute atomic E-state index is 0.194. The number of carbonyl (C=O) groups is 2. The number of carbonyl (C=O) groups excluding carboxylic acids is 1. The number of rotatable bonds is 2. The van der Waals surface area contributed by atoms with Crippen LogP contribution < -0.4 is 0 Å². The number of esters is 1. The van der Waals surface area contributed by atoms with E-state index in [-0.39, 0.29) is 11.3 Å². The van der Waals surface area contributed by atoms with E-state index in [9.17, 15) is 9.59 Å². The summed E-state index contributed by atoms with van der Waals surface area (Å²) in [7, 11) is 0. The predicted octanol–water partition coefficient (Wildman–Crippen LogP) is 6.66. The third-order valence-electron chi connectivity index (χ3n) is 2.60. The van der Waals surface area contributed by atoms with Gasteiger partial charge in [0.05, 0.1) is 16.5 Å². The Morgan fingerprint density at radius 1 is 0.926 bits per heavy atom. The van der Waals surface area contributed by atoms with E-state index in [4.69, 9.17) is 33.0 Å². The van der Waals surface area contributed by atoms with Gasteiger partial charge in [-0.1, -0.05) is 24.3 Å². The molecule has 0 radical (unpaired) electrons. The zero-order valence-corrected chi connectivity index (χ0v) is 20.8. The van der Waals surface area contributed by atoms with Crippen LogP contribution >= 0.6 is 68.4 Å². The number of ether oxygens (including phenoxy) is 1. The minimum Gasteiger partial charge on any atom is -0.478 e. The summed E-state index contributed by atoms with van der Waals surface area (Å²) in [6.45, 7) is 5.59. The maximum Gasteiger partial charge on any atom is 0.339 e. The molecule has 0 aliphatic carbocycles. The van der Waals surface area contributed by atoms with Crippen LogP contribution in [-0.2, 0) is 4.74 Å². The Morgan fingerprint density at radius 3 is 1.59 bits per heavy atom. The lowest BCUT2D eigenvalue weighted by atomic mass is 10.2. The first kappa shape index (κ1) is 26.4. The van der Waals surface area contributed by atoms with Crippen molar-refractivity contribution >= 4 is 80.3 Å². The molecule has 2 aromatic carbocycles. The number of halogens is 4. The lowest BCUT2D eigenvalue weighted by Gasteiger charge is -2.19. The molecule has 0 bridgehead atoms. The van der Waals surface area contributed by atoms with Crippen LogP contribution in [0.1, 0.15) is 41.5 Å². The van der Waals surface area contributed by atoms with Crippen LogP contribution in [0.2, 0.25) is 0 Å². The van der Waals surface area contributed by atoms with Crippen molar-refractivity contribution in [2.75, 3.05) is 5.34 Å². The summed E-state index contributed by atoms with van der Waals surface area (Å²) in [6.07, 6.45) is 0. The van der Waals surface area contributed by atoms with Gasteiger partial charge in [-0.2, -0.15) is 0 Å². The van der Waals surface area contributed by atoms with E-state index in [0.29, 0.717) is 11.1 Å². The maximum atomic E-state index is 11.7. The first-order valence-corrected chi connectivity index (χ1v) is 10.8. The second kappa shape index (κ2) is 13.6. The van der Waals surface area contributed by atoms with Gasteiger partial charge >= 0.3 is 11.9 Å². The van der Waals surface area contributed by atoms with Gasteiger partial charge in [0.1, 0.15) is 5.60 Å². The molecule has 0 aliphatic heterocycles. The second-order valence-corrected chi connectivity index (χ2v) is 9.00. The van der Waals surface area contributed by atoms with E-state index in [1.54, 1.807) is 24.3 Å². The predicted molar refractivity (Wildman–Crippen MR) is 127 cm³/mol. The highest BCUT2D eigenvalue weighted by molar-refractivity contribution is 14.1.